The molecule has 0 aliphatic rings. The van der Waals surface area contributed by atoms with E-state index in [-0.39, 0.29) is 17.4 Å². The fraction of sp³-hybridized carbons (Fsp3) is 0.529. The number of benzene rings is 1. The lowest BCUT2D eigenvalue weighted by atomic mass is 10.1. The van der Waals surface area contributed by atoms with Crippen LogP contribution in [0.15, 0.2) is 22.7 Å². The maximum absolute atomic E-state index is 13.5. The Morgan fingerprint density at radius 1 is 1.21 bits per heavy atom. The number of para-hydroxylation sites is 1. The fourth-order valence-corrected chi connectivity index (χ4v) is 3.03. The Morgan fingerprint density at radius 2 is 1.96 bits per heavy atom. The van der Waals surface area contributed by atoms with Gasteiger partial charge in [0.05, 0.1) is 5.39 Å². The van der Waals surface area contributed by atoms with Gasteiger partial charge >= 0.3 is 6.03 Å². The van der Waals surface area contributed by atoms with E-state index in [9.17, 15) is 9.18 Å². The molecule has 2 rings (SSSR count). The molecule has 2 amide bonds. The van der Waals surface area contributed by atoms with Crippen molar-refractivity contribution in [3.63, 3.8) is 0 Å². The van der Waals surface area contributed by atoms with Crippen molar-refractivity contribution in [1.82, 2.24) is 9.88 Å². The first-order chi connectivity index (χ1) is 11.7. The molecule has 2 aromatic rings. The van der Waals surface area contributed by atoms with Crippen LogP contribution < -0.4 is 10.0 Å². The second kappa shape index (κ2) is 10.2. The Labute approximate surface area is 145 Å². The van der Waals surface area contributed by atoms with Gasteiger partial charge in [-0.15, -0.1) is 0 Å². The molecule has 24 heavy (non-hydrogen) atoms. The van der Waals surface area contributed by atoms with Crippen LogP contribution in [-0.4, -0.2) is 16.9 Å². The molecule has 0 saturated heterocycles. The number of urea groups is 1. The number of nitrogens with zero attached hydrogens (tertiary/aromatic N) is 1. The van der Waals surface area contributed by atoms with Gasteiger partial charge < -0.3 is 4.52 Å². The number of halogens is 1. The highest BCUT2D eigenvalue weighted by molar-refractivity contribution is 7.97. The molecule has 5 nitrogen and oxygen atoms in total. The highest BCUT2D eigenvalue weighted by Gasteiger charge is 2.13. The molecule has 0 atom stereocenters. The number of unbranched alkanes of at least 4 members (excludes halogenated alkanes) is 6. The van der Waals surface area contributed by atoms with Crippen LogP contribution in [0.5, 0.6) is 0 Å². The van der Waals surface area contributed by atoms with Gasteiger partial charge in [-0.25, -0.2) is 9.18 Å². The molecule has 0 unspecified atom stereocenters. The minimum Gasteiger partial charge on any atom is -0.351 e. The van der Waals surface area contributed by atoms with Gasteiger partial charge in [-0.3, -0.25) is 10.0 Å². The third-order valence-corrected chi connectivity index (χ3v) is 4.52. The minimum absolute atomic E-state index is 0.0449. The van der Waals surface area contributed by atoms with Crippen molar-refractivity contribution in [1.29, 1.82) is 0 Å². The van der Waals surface area contributed by atoms with Gasteiger partial charge in [0.25, 0.3) is 0 Å². The van der Waals surface area contributed by atoms with Gasteiger partial charge in [-0.1, -0.05) is 56.7 Å². The first-order valence-electron chi connectivity index (χ1n) is 8.45. The summed E-state index contributed by atoms with van der Waals surface area (Å²) in [5.41, 5.74) is 0.0449. The summed E-state index contributed by atoms with van der Waals surface area (Å²) in [6.07, 6.45) is 8.71. The van der Waals surface area contributed by atoms with Crippen LogP contribution in [0.1, 0.15) is 51.9 Å². The van der Waals surface area contributed by atoms with Crippen LogP contribution >= 0.6 is 11.9 Å². The topological polar surface area (TPSA) is 67.2 Å². The zero-order chi connectivity index (χ0) is 17.2. The lowest BCUT2D eigenvalue weighted by Gasteiger charge is -2.05. The Hall–Kier alpha value is -1.76. The molecule has 0 aliphatic carbocycles. The predicted octanol–water partition coefficient (Wildman–Crippen LogP) is 5.49. The maximum Gasteiger partial charge on any atom is 0.330 e. The summed E-state index contributed by atoms with van der Waals surface area (Å²) in [5, 5.41) is 6.71. The molecule has 1 aromatic carbocycles. The lowest BCUT2D eigenvalue weighted by molar-refractivity contribution is 0.257. The van der Waals surface area contributed by atoms with Crippen molar-refractivity contribution < 1.29 is 13.7 Å². The van der Waals surface area contributed by atoms with Crippen molar-refractivity contribution in [2.24, 2.45) is 0 Å². The van der Waals surface area contributed by atoms with E-state index in [4.69, 9.17) is 4.52 Å². The molecule has 0 spiro atoms. The zero-order valence-corrected chi connectivity index (χ0v) is 14.8. The highest BCUT2D eigenvalue weighted by Crippen LogP contribution is 2.24. The Bertz CT molecular complexity index is 648. The molecule has 0 aliphatic heterocycles. The maximum atomic E-state index is 13.5. The van der Waals surface area contributed by atoms with E-state index < -0.39 is 5.82 Å². The molecule has 0 fully saturated rings. The summed E-state index contributed by atoms with van der Waals surface area (Å²) in [5.74, 6) is 0.593. The van der Waals surface area contributed by atoms with Gasteiger partial charge in [0, 0.05) is 5.75 Å². The van der Waals surface area contributed by atoms with Crippen LogP contribution in [0.3, 0.4) is 0 Å². The van der Waals surface area contributed by atoms with Gasteiger partial charge in [0.1, 0.15) is 0 Å². The quantitative estimate of drug-likeness (QED) is 0.438. The Balaban J connectivity index is 1.62. The number of aromatic nitrogens is 1. The molecule has 0 saturated carbocycles. The van der Waals surface area contributed by atoms with E-state index in [0.29, 0.717) is 5.39 Å². The van der Waals surface area contributed by atoms with E-state index in [1.807, 2.05) is 0 Å². The second-order valence-corrected chi connectivity index (χ2v) is 6.57. The van der Waals surface area contributed by atoms with Crippen LogP contribution in [0, 0.1) is 5.82 Å². The molecule has 0 radical (unpaired) electrons. The number of nitrogens with one attached hydrogen (secondary N) is 2. The summed E-state index contributed by atoms with van der Waals surface area (Å²) >= 11 is 1.37. The van der Waals surface area contributed by atoms with Crippen molar-refractivity contribution in [2.75, 3.05) is 11.1 Å². The van der Waals surface area contributed by atoms with E-state index in [1.54, 1.807) is 12.1 Å². The zero-order valence-electron chi connectivity index (χ0n) is 13.9. The Morgan fingerprint density at radius 3 is 2.75 bits per heavy atom. The molecular formula is C17H24FN3O2S. The summed E-state index contributed by atoms with van der Waals surface area (Å²) in [7, 11) is 0. The molecular weight excluding hydrogens is 329 g/mol. The normalized spacial score (nSPS) is 10.9. The number of carbonyl (C=O) groups excluding carboxylic acids is 1. The van der Waals surface area contributed by atoms with E-state index in [1.165, 1.54) is 56.5 Å². The molecule has 7 heteroatoms. The van der Waals surface area contributed by atoms with E-state index in [2.05, 4.69) is 22.1 Å². The van der Waals surface area contributed by atoms with Crippen molar-refractivity contribution in [2.45, 2.75) is 51.9 Å². The summed E-state index contributed by atoms with van der Waals surface area (Å²) in [6.45, 7) is 2.21. The number of anilines is 1. The third kappa shape index (κ3) is 5.70. The first kappa shape index (κ1) is 18.6. The SMILES string of the molecule is CCCCCCCCCSNC(=O)Nc1noc2c(F)cccc12. The monoisotopic (exact) mass is 353 g/mol. The molecule has 1 aromatic heterocycles. The Kier molecular flexibility index (Phi) is 7.88. The number of rotatable bonds is 10. The van der Waals surface area contributed by atoms with E-state index >= 15 is 0 Å². The molecule has 1 heterocycles. The van der Waals surface area contributed by atoms with E-state index in [0.717, 1.165) is 12.2 Å². The average molecular weight is 353 g/mol. The average Bonchev–Trinajstić information content (AvgIpc) is 2.98. The van der Waals surface area contributed by atoms with Crippen LogP contribution in [0.4, 0.5) is 15.0 Å². The third-order valence-electron chi connectivity index (χ3n) is 3.70. The smallest absolute Gasteiger partial charge is 0.330 e. The van der Waals surface area contributed by atoms with Crippen LogP contribution in [-0.2, 0) is 0 Å². The van der Waals surface area contributed by atoms with Crippen molar-refractivity contribution in [3.05, 3.63) is 24.0 Å². The number of carbonyl (C=O) groups is 1. The van der Waals surface area contributed by atoms with Gasteiger partial charge in [-0.05, 0) is 30.5 Å². The molecule has 0 bridgehead atoms. The lowest BCUT2D eigenvalue weighted by Crippen LogP contribution is -2.23. The number of fused-ring (bicyclic) bond motifs is 1. The standard InChI is InChI=1S/C17H24FN3O2S/c1-2-3-4-5-6-7-8-12-24-21-17(22)19-16-13-10-9-11-14(18)15(13)23-20-16/h9-11H,2-8,12H2,1H3,(H2,19,20,21,22). The minimum atomic E-state index is -0.498. The predicted molar refractivity (Wildman–Crippen MR) is 96.6 cm³/mol. The second-order valence-electron chi connectivity index (χ2n) is 5.67. The van der Waals surface area contributed by atoms with Gasteiger partial charge in [0.2, 0.25) is 5.58 Å². The largest absolute Gasteiger partial charge is 0.351 e. The van der Waals surface area contributed by atoms with Crippen LogP contribution in [0.25, 0.3) is 11.0 Å². The number of hydrogen-bond acceptors (Lipinski definition) is 4. The number of hydrogen-bond donors (Lipinski definition) is 2. The fourth-order valence-electron chi connectivity index (χ4n) is 2.40. The molecule has 2 N–H and O–H groups in total. The highest BCUT2D eigenvalue weighted by atomic mass is 32.2. The van der Waals surface area contributed by atoms with Crippen LogP contribution in [0.2, 0.25) is 0 Å². The number of amides is 2. The van der Waals surface area contributed by atoms with Gasteiger partial charge in [0.15, 0.2) is 11.6 Å². The van der Waals surface area contributed by atoms with Crippen molar-refractivity contribution in [3.8, 4) is 0 Å². The summed E-state index contributed by atoms with van der Waals surface area (Å²) < 4.78 is 21.1. The van der Waals surface area contributed by atoms with Gasteiger partial charge in [-0.2, -0.15) is 0 Å². The first-order valence-corrected chi connectivity index (χ1v) is 9.43. The summed E-state index contributed by atoms with van der Waals surface area (Å²) in [6, 6.07) is 4.10. The summed E-state index contributed by atoms with van der Waals surface area (Å²) in [4.78, 5) is 11.8. The molecule has 132 valence electrons. The van der Waals surface area contributed by atoms with Crippen molar-refractivity contribution >= 4 is 34.8 Å².